The third-order valence-corrected chi connectivity index (χ3v) is 3.94. The number of pyridine rings is 1. The Bertz CT molecular complexity index is 537. The molecule has 2 rings (SSSR count). The molecule has 0 aliphatic rings. The third kappa shape index (κ3) is 2.09. The van der Waals surface area contributed by atoms with Gasteiger partial charge < -0.3 is 0 Å². The van der Waals surface area contributed by atoms with E-state index in [2.05, 4.69) is 40.8 Å². The molecule has 0 aliphatic carbocycles. The maximum Gasteiger partial charge on any atom is 0.0864 e. The van der Waals surface area contributed by atoms with Gasteiger partial charge in [-0.3, -0.25) is 4.98 Å². The highest BCUT2D eigenvalue weighted by Crippen LogP contribution is 2.31. The van der Waals surface area contributed by atoms with E-state index in [9.17, 15) is 0 Å². The van der Waals surface area contributed by atoms with Crippen molar-refractivity contribution in [2.45, 2.75) is 26.7 Å². The predicted octanol–water partition coefficient (Wildman–Crippen LogP) is 4.91. The van der Waals surface area contributed by atoms with E-state index in [1.54, 1.807) is 0 Å². The van der Waals surface area contributed by atoms with Crippen molar-refractivity contribution in [1.82, 2.24) is 4.98 Å². The van der Waals surface area contributed by atoms with Crippen molar-refractivity contribution < 1.29 is 0 Å². The second kappa shape index (κ2) is 4.72. The quantitative estimate of drug-likeness (QED) is 0.767. The van der Waals surface area contributed by atoms with Crippen molar-refractivity contribution in [3.63, 3.8) is 0 Å². The van der Waals surface area contributed by atoms with E-state index in [1.807, 2.05) is 12.1 Å². The smallest absolute Gasteiger partial charge is 0.0864 e. The molecule has 1 aromatic carbocycles. The van der Waals surface area contributed by atoms with Crippen LogP contribution in [0.2, 0.25) is 5.02 Å². The van der Waals surface area contributed by atoms with Crippen LogP contribution in [0.3, 0.4) is 0 Å². The van der Waals surface area contributed by atoms with Gasteiger partial charge in [-0.15, -0.1) is 0 Å². The molecule has 0 fully saturated rings. The number of hydrogen-bond acceptors (Lipinski definition) is 1. The predicted molar refractivity (Wildman–Crippen MR) is 73.2 cm³/mol. The highest BCUT2D eigenvalue weighted by molar-refractivity contribution is 9.10. The molecule has 0 unspecified atom stereocenters. The summed E-state index contributed by atoms with van der Waals surface area (Å²) in [7, 11) is 0. The fourth-order valence-electron chi connectivity index (χ4n) is 1.75. The van der Waals surface area contributed by atoms with Crippen LogP contribution in [0.25, 0.3) is 10.9 Å². The molecule has 84 valence electrons. The summed E-state index contributed by atoms with van der Waals surface area (Å²) in [6.45, 7) is 4.21. The molecule has 1 heterocycles. The summed E-state index contributed by atoms with van der Waals surface area (Å²) < 4.78 is 1.05. The van der Waals surface area contributed by atoms with Gasteiger partial charge in [0.05, 0.1) is 10.5 Å². The van der Waals surface area contributed by atoms with Crippen LogP contribution in [-0.4, -0.2) is 4.98 Å². The van der Waals surface area contributed by atoms with Gasteiger partial charge in [-0.2, -0.15) is 0 Å². The minimum Gasteiger partial charge on any atom is -0.252 e. The van der Waals surface area contributed by atoms with Crippen LogP contribution in [0.1, 0.15) is 24.6 Å². The molecule has 0 spiro atoms. The number of hydrogen-bond donors (Lipinski definition) is 0. The number of benzene rings is 1. The average Bonchev–Trinajstić information content (AvgIpc) is 2.25. The monoisotopic (exact) mass is 297 g/mol. The number of rotatable bonds is 2. The van der Waals surface area contributed by atoms with Gasteiger partial charge in [0.15, 0.2) is 0 Å². The molecule has 3 heteroatoms. The topological polar surface area (TPSA) is 12.9 Å². The summed E-state index contributed by atoms with van der Waals surface area (Å²) in [5.74, 6) is 0. The van der Waals surface area contributed by atoms with E-state index in [4.69, 9.17) is 11.6 Å². The third-order valence-electron chi connectivity index (χ3n) is 2.62. The van der Waals surface area contributed by atoms with Crippen LogP contribution < -0.4 is 0 Å². The van der Waals surface area contributed by atoms with E-state index in [0.29, 0.717) is 0 Å². The lowest BCUT2D eigenvalue weighted by Gasteiger charge is -2.07. The van der Waals surface area contributed by atoms with Crippen LogP contribution in [0.4, 0.5) is 0 Å². The second-order valence-corrected chi connectivity index (χ2v) is 5.14. The Morgan fingerprint density at radius 2 is 2.12 bits per heavy atom. The molecule has 2 aromatic rings. The number of fused-ring (bicyclic) bond motifs is 1. The highest BCUT2D eigenvalue weighted by Gasteiger charge is 2.08. The van der Waals surface area contributed by atoms with Gasteiger partial charge in [0.2, 0.25) is 0 Å². The van der Waals surface area contributed by atoms with Crippen LogP contribution in [0, 0.1) is 6.92 Å². The molecule has 1 nitrogen and oxygen atoms in total. The molecular weight excluding hydrogens is 286 g/mol. The van der Waals surface area contributed by atoms with E-state index < -0.39 is 0 Å². The zero-order valence-electron chi connectivity index (χ0n) is 9.35. The summed E-state index contributed by atoms with van der Waals surface area (Å²) in [4.78, 5) is 4.65. The van der Waals surface area contributed by atoms with Crippen molar-refractivity contribution in [2.75, 3.05) is 0 Å². The Morgan fingerprint density at radius 3 is 2.81 bits per heavy atom. The van der Waals surface area contributed by atoms with E-state index in [0.717, 1.165) is 38.9 Å². The minimum atomic E-state index is 0.786. The first-order valence-corrected chi connectivity index (χ1v) is 6.54. The van der Waals surface area contributed by atoms with Crippen molar-refractivity contribution in [3.8, 4) is 0 Å². The normalized spacial score (nSPS) is 11.0. The van der Waals surface area contributed by atoms with Gasteiger partial charge in [-0.25, -0.2) is 0 Å². The zero-order valence-corrected chi connectivity index (χ0v) is 11.7. The fraction of sp³-hybridized carbons (Fsp3) is 0.308. The molecular formula is C13H13BrClN. The van der Waals surface area contributed by atoms with Gasteiger partial charge in [0.25, 0.3) is 0 Å². The van der Waals surface area contributed by atoms with Crippen LogP contribution in [0.15, 0.2) is 22.7 Å². The van der Waals surface area contributed by atoms with Crippen molar-refractivity contribution in [1.29, 1.82) is 0 Å². The maximum absolute atomic E-state index is 6.26. The molecule has 0 saturated carbocycles. The first-order valence-electron chi connectivity index (χ1n) is 5.37. The maximum atomic E-state index is 6.26. The summed E-state index contributed by atoms with van der Waals surface area (Å²) in [6, 6.07) is 6.05. The average molecular weight is 299 g/mol. The summed E-state index contributed by atoms with van der Waals surface area (Å²) in [6.07, 6.45) is 2.05. The van der Waals surface area contributed by atoms with Crippen LogP contribution in [0.5, 0.6) is 0 Å². The molecule has 1 aromatic heterocycles. The number of aromatic nitrogens is 1. The lowest BCUT2D eigenvalue weighted by atomic mass is 10.1. The molecule has 0 N–H and O–H groups in total. The van der Waals surface area contributed by atoms with Gasteiger partial charge in [-0.1, -0.05) is 37.1 Å². The standard InChI is InChI=1S/C13H13BrClN/c1-3-4-9-7-11(15)10-6-5-8(2)12(14)13(10)16-9/h5-7H,3-4H2,1-2H3. The lowest BCUT2D eigenvalue weighted by Crippen LogP contribution is -1.92. The van der Waals surface area contributed by atoms with E-state index >= 15 is 0 Å². The van der Waals surface area contributed by atoms with E-state index in [-0.39, 0.29) is 0 Å². The van der Waals surface area contributed by atoms with Crippen molar-refractivity contribution in [3.05, 3.63) is 39.0 Å². The second-order valence-electron chi connectivity index (χ2n) is 3.94. The molecule has 16 heavy (non-hydrogen) atoms. The Kier molecular flexibility index (Phi) is 3.50. The molecule has 0 saturated heterocycles. The zero-order chi connectivity index (χ0) is 11.7. The van der Waals surface area contributed by atoms with Gasteiger partial charge >= 0.3 is 0 Å². The number of halogens is 2. The van der Waals surface area contributed by atoms with Crippen molar-refractivity contribution >= 4 is 38.4 Å². The largest absolute Gasteiger partial charge is 0.252 e. The van der Waals surface area contributed by atoms with Crippen LogP contribution >= 0.6 is 27.5 Å². The Morgan fingerprint density at radius 1 is 1.38 bits per heavy atom. The Hall–Kier alpha value is -0.600. The van der Waals surface area contributed by atoms with E-state index in [1.165, 1.54) is 5.56 Å². The number of nitrogens with zero attached hydrogens (tertiary/aromatic N) is 1. The van der Waals surface area contributed by atoms with Gasteiger partial charge in [0, 0.05) is 15.6 Å². The summed E-state index contributed by atoms with van der Waals surface area (Å²) in [5, 5.41) is 1.80. The summed E-state index contributed by atoms with van der Waals surface area (Å²) >= 11 is 9.84. The first kappa shape index (κ1) is 11.9. The molecule has 0 aliphatic heterocycles. The lowest BCUT2D eigenvalue weighted by molar-refractivity contribution is 0.889. The van der Waals surface area contributed by atoms with Gasteiger partial charge in [0.1, 0.15) is 0 Å². The molecule has 0 radical (unpaired) electrons. The molecule has 0 amide bonds. The first-order chi connectivity index (χ1) is 7.63. The Labute approximate surface area is 109 Å². The summed E-state index contributed by atoms with van der Waals surface area (Å²) in [5.41, 5.74) is 3.21. The van der Waals surface area contributed by atoms with Gasteiger partial charge in [-0.05, 0) is 40.9 Å². The molecule has 0 atom stereocenters. The van der Waals surface area contributed by atoms with Crippen LogP contribution in [-0.2, 0) is 6.42 Å². The SMILES string of the molecule is CCCc1cc(Cl)c2ccc(C)c(Br)c2n1. The highest BCUT2D eigenvalue weighted by atomic mass is 79.9. The number of aryl methyl sites for hydroxylation is 2. The fourth-order valence-corrected chi connectivity index (χ4v) is 2.46. The molecule has 0 bridgehead atoms. The minimum absolute atomic E-state index is 0.786. The Balaban J connectivity index is 2.73. The van der Waals surface area contributed by atoms with Crippen molar-refractivity contribution in [2.24, 2.45) is 0 Å².